The Morgan fingerprint density at radius 1 is 1.11 bits per heavy atom. The molecule has 1 aromatic carbocycles. The minimum Gasteiger partial charge on any atom is -0.310 e. The molecule has 0 saturated carbocycles. The van der Waals surface area contributed by atoms with Gasteiger partial charge in [0.1, 0.15) is 0 Å². The minimum atomic E-state index is -3.50. The molecule has 0 fully saturated rings. The highest BCUT2D eigenvalue weighted by molar-refractivity contribution is 7.90. The molecular formula is C13H23N3O2S. The quantitative estimate of drug-likeness (QED) is 0.716. The summed E-state index contributed by atoms with van der Waals surface area (Å²) >= 11 is 0. The van der Waals surface area contributed by atoms with Crippen LogP contribution in [0, 0.1) is 0 Å². The number of rotatable bonds is 7. The van der Waals surface area contributed by atoms with E-state index in [2.05, 4.69) is 28.6 Å². The van der Waals surface area contributed by atoms with Crippen LogP contribution in [0.5, 0.6) is 0 Å². The van der Waals surface area contributed by atoms with Crippen LogP contribution in [0.1, 0.15) is 33.3 Å². The van der Waals surface area contributed by atoms with E-state index >= 15 is 0 Å². The van der Waals surface area contributed by atoms with Crippen LogP contribution in [-0.4, -0.2) is 20.5 Å². The van der Waals surface area contributed by atoms with Crippen molar-refractivity contribution < 1.29 is 8.42 Å². The lowest BCUT2D eigenvalue weighted by atomic mass is 10.2. The summed E-state index contributed by atoms with van der Waals surface area (Å²) in [5, 5.41) is 3.29. The lowest BCUT2D eigenvalue weighted by molar-refractivity contribution is 0.575. The van der Waals surface area contributed by atoms with Gasteiger partial charge in [-0.05, 0) is 31.5 Å². The van der Waals surface area contributed by atoms with Gasteiger partial charge in [0.15, 0.2) is 0 Å². The first-order valence-electron chi connectivity index (χ1n) is 6.41. The molecule has 0 amide bonds. The second-order valence-corrected chi connectivity index (χ2v) is 6.56. The maximum absolute atomic E-state index is 11.7. The Bertz CT molecular complexity index is 498. The van der Waals surface area contributed by atoms with Crippen molar-refractivity contribution in [3.8, 4) is 0 Å². The Morgan fingerprint density at radius 3 is 2.37 bits per heavy atom. The van der Waals surface area contributed by atoms with Gasteiger partial charge >= 0.3 is 0 Å². The summed E-state index contributed by atoms with van der Waals surface area (Å²) in [5.74, 6) is 0. The third kappa shape index (κ3) is 6.56. The Kier molecular flexibility index (Phi) is 5.78. The van der Waals surface area contributed by atoms with E-state index in [0.717, 1.165) is 5.56 Å². The van der Waals surface area contributed by atoms with Crippen LogP contribution in [0.2, 0.25) is 0 Å². The highest BCUT2D eigenvalue weighted by Crippen LogP contribution is 2.12. The van der Waals surface area contributed by atoms with E-state index in [1.165, 1.54) is 0 Å². The molecule has 0 atom stereocenters. The summed E-state index contributed by atoms with van der Waals surface area (Å²) in [6.45, 7) is 8.41. The van der Waals surface area contributed by atoms with Crippen LogP contribution in [0.15, 0.2) is 24.3 Å². The summed E-state index contributed by atoms with van der Waals surface area (Å²) < 4.78 is 28.5. The summed E-state index contributed by atoms with van der Waals surface area (Å²) in [7, 11) is -3.50. The molecule has 0 aliphatic rings. The zero-order valence-corrected chi connectivity index (χ0v) is 12.7. The van der Waals surface area contributed by atoms with Crippen LogP contribution in [0.4, 0.5) is 5.69 Å². The van der Waals surface area contributed by atoms with Gasteiger partial charge in [0.2, 0.25) is 0 Å². The Balaban J connectivity index is 2.71. The van der Waals surface area contributed by atoms with E-state index in [9.17, 15) is 8.42 Å². The van der Waals surface area contributed by atoms with Gasteiger partial charge in [-0.3, -0.25) is 4.72 Å². The van der Waals surface area contributed by atoms with Crippen LogP contribution >= 0.6 is 0 Å². The lowest BCUT2D eigenvalue weighted by Gasteiger charge is -2.13. The molecule has 6 heteroatoms. The van der Waals surface area contributed by atoms with Crippen molar-refractivity contribution in [1.82, 2.24) is 10.0 Å². The first-order chi connectivity index (χ1) is 8.78. The molecule has 0 bridgehead atoms. The lowest BCUT2D eigenvalue weighted by Crippen LogP contribution is -2.35. The van der Waals surface area contributed by atoms with Gasteiger partial charge in [-0.15, -0.1) is 0 Å². The van der Waals surface area contributed by atoms with Gasteiger partial charge < -0.3 is 5.32 Å². The summed E-state index contributed by atoms with van der Waals surface area (Å²) in [5.41, 5.74) is 1.61. The maximum atomic E-state index is 11.7. The SMILES string of the molecule is CC(C)NCc1cccc(NS(=O)(=O)NC(C)C)c1. The number of hydrogen-bond donors (Lipinski definition) is 3. The molecule has 1 aromatic rings. The van der Waals surface area contributed by atoms with Crippen molar-refractivity contribution in [2.75, 3.05) is 4.72 Å². The molecule has 3 N–H and O–H groups in total. The Labute approximate surface area is 116 Å². The highest BCUT2D eigenvalue weighted by atomic mass is 32.2. The van der Waals surface area contributed by atoms with Crippen LogP contribution in [0.3, 0.4) is 0 Å². The molecule has 0 radical (unpaired) electrons. The van der Waals surface area contributed by atoms with Crippen molar-refractivity contribution in [2.45, 2.75) is 46.3 Å². The average molecular weight is 285 g/mol. The third-order valence-corrected chi connectivity index (χ3v) is 3.57. The number of hydrogen-bond acceptors (Lipinski definition) is 3. The van der Waals surface area contributed by atoms with E-state index in [4.69, 9.17) is 0 Å². The largest absolute Gasteiger partial charge is 0.310 e. The number of nitrogens with one attached hydrogen (secondary N) is 3. The smallest absolute Gasteiger partial charge is 0.299 e. The molecular weight excluding hydrogens is 262 g/mol. The fourth-order valence-corrected chi connectivity index (χ4v) is 2.68. The zero-order chi connectivity index (χ0) is 14.5. The summed E-state index contributed by atoms with van der Waals surface area (Å²) in [6.07, 6.45) is 0. The van der Waals surface area contributed by atoms with E-state index in [-0.39, 0.29) is 6.04 Å². The van der Waals surface area contributed by atoms with E-state index in [0.29, 0.717) is 18.3 Å². The Hall–Kier alpha value is -1.11. The molecule has 1 rings (SSSR count). The van der Waals surface area contributed by atoms with Gasteiger partial charge in [-0.2, -0.15) is 13.1 Å². The highest BCUT2D eigenvalue weighted by Gasteiger charge is 2.11. The van der Waals surface area contributed by atoms with Crippen molar-refractivity contribution in [3.63, 3.8) is 0 Å². The zero-order valence-electron chi connectivity index (χ0n) is 11.9. The maximum Gasteiger partial charge on any atom is 0.299 e. The van der Waals surface area contributed by atoms with Gasteiger partial charge in [0.25, 0.3) is 10.2 Å². The van der Waals surface area contributed by atoms with Crippen molar-refractivity contribution in [3.05, 3.63) is 29.8 Å². The molecule has 0 heterocycles. The molecule has 0 aromatic heterocycles. The normalized spacial score (nSPS) is 12.1. The van der Waals surface area contributed by atoms with Gasteiger partial charge in [-0.1, -0.05) is 26.0 Å². The van der Waals surface area contributed by atoms with Crippen molar-refractivity contribution in [1.29, 1.82) is 0 Å². The molecule has 0 unspecified atom stereocenters. The Morgan fingerprint density at radius 2 is 1.79 bits per heavy atom. The summed E-state index contributed by atoms with van der Waals surface area (Å²) in [6, 6.07) is 7.62. The van der Waals surface area contributed by atoms with Crippen LogP contribution in [-0.2, 0) is 16.8 Å². The van der Waals surface area contributed by atoms with Crippen molar-refractivity contribution >= 4 is 15.9 Å². The standard InChI is InChI=1S/C13H23N3O2S/c1-10(2)14-9-12-6-5-7-13(8-12)16-19(17,18)15-11(3)4/h5-8,10-11,14-16H,9H2,1-4H3. The fraction of sp³-hybridized carbons (Fsp3) is 0.538. The van der Waals surface area contributed by atoms with Crippen LogP contribution in [0.25, 0.3) is 0 Å². The number of anilines is 1. The molecule has 19 heavy (non-hydrogen) atoms. The predicted molar refractivity (Wildman–Crippen MR) is 79.2 cm³/mol. The third-order valence-electron chi connectivity index (χ3n) is 2.28. The molecule has 0 saturated heterocycles. The van der Waals surface area contributed by atoms with Gasteiger partial charge in [0, 0.05) is 18.6 Å². The van der Waals surface area contributed by atoms with Gasteiger partial charge in [-0.25, -0.2) is 0 Å². The second kappa shape index (κ2) is 6.88. The molecule has 0 aliphatic carbocycles. The predicted octanol–water partition coefficient (Wildman–Crippen LogP) is 1.84. The first-order valence-corrected chi connectivity index (χ1v) is 7.89. The molecule has 0 spiro atoms. The molecule has 0 aliphatic heterocycles. The molecule has 108 valence electrons. The molecule has 5 nitrogen and oxygen atoms in total. The van der Waals surface area contributed by atoms with E-state index in [1.54, 1.807) is 19.9 Å². The minimum absolute atomic E-state index is 0.136. The van der Waals surface area contributed by atoms with E-state index < -0.39 is 10.2 Å². The van der Waals surface area contributed by atoms with Crippen LogP contribution < -0.4 is 14.8 Å². The number of benzene rings is 1. The van der Waals surface area contributed by atoms with Crippen molar-refractivity contribution in [2.24, 2.45) is 0 Å². The monoisotopic (exact) mass is 285 g/mol. The topological polar surface area (TPSA) is 70.2 Å². The van der Waals surface area contributed by atoms with E-state index in [1.807, 2.05) is 18.2 Å². The summed E-state index contributed by atoms with van der Waals surface area (Å²) in [4.78, 5) is 0. The average Bonchev–Trinajstić information content (AvgIpc) is 2.24. The van der Waals surface area contributed by atoms with Gasteiger partial charge in [0.05, 0.1) is 5.69 Å². The fourth-order valence-electron chi connectivity index (χ4n) is 1.56. The first kappa shape index (κ1) is 15.9. The second-order valence-electron chi connectivity index (χ2n) is 5.11.